The number of hydrogen-bond donors (Lipinski definition) is 2. The summed E-state index contributed by atoms with van der Waals surface area (Å²) in [5, 5.41) is 11.7. The van der Waals surface area contributed by atoms with Crippen LogP contribution >= 0.6 is 0 Å². The number of nitrogens with two attached hydrogens (primary N) is 1. The van der Waals surface area contributed by atoms with Crippen molar-refractivity contribution in [3.8, 4) is 11.8 Å². The summed E-state index contributed by atoms with van der Waals surface area (Å²) >= 11 is 0. The Kier molecular flexibility index (Phi) is 4.40. The van der Waals surface area contributed by atoms with Crippen molar-refractivity contribution in [2.45, 2.75) is 63.9 Å². The highest BCUT2D eigenvalue weighted by molar-refractivity contribution is 5.91. The minimum Gasteiger partial charge on any atom is -0.398 e. The maximum absolute atomic E-state index is 11.9. The molecule has 0 heterocycles. The molecule has 0 amide bonds. The van der Waals surface area contributed by atoms with Gasteiger partial charge < -0.3 is 10.8 Å². The molecule has 4 aliphatic rings. The molecule has 5 rings (SSSR count). The molecule has 3 N–H and O–H groups in total. The average Bonchev–Trinajstić information content (AvgIpc) is 2.98. The fraction of sp³-hybridized carbons (Fsp3) is 0.577. The molecule has 0 aliphatic heterocycles. The third-order valence-corrected chi connectivity index (χ3v) is 8.82. The SMILES string of the molecule is C[C@]12CC[C@@H]3[C@@H](CCC4=CC(=O)CC[C@@H]43)[C@H]1CC[C@]2(O)C#Cc1ccccc1N. The van der Waals surface area contributed by atoms with E-state index in [0.29, 0.717) is 41.6 Å². The van der Waals surface area contributed by atoms with Crippen molar-refractivity contribution in [1.29, 1.82) is 0 Å². The fourth-order valence-electron chi connectivity index (χ4n) is 7.18. The number of nitrogen functional groups attached to an aromatic ring is 1. The van der Waals surface area contributed by atoms with Gasteiger partial charge in [-0.25, -0.2) is 0 Å². The Labute approximate surface area is 173 Å². The fourth-order valence-corrected chi connectivity index (χ4v) is 7.18. The lowest BCUT2D eigenvalue weighted by Gasteiger charge is -2.54. The third-order valence-electron chi connectivity index (χ3n) is 8.82. The Morgan fingerprint density at radius 2 is 1.90 bits per heavy atom. The second-order valence-corrected chi connectivity index (χ2v) is 10.00. The molecule has 0 aromatic heterocycles. The van der Waals surface area contributed by atoms with Crippen molar-refractivity contribution in [2.24, 2.45) is 29.1 Å². The Morgan fingerprint density at radius 1 is 1.07 bits per heavy atom. The van der Waals surface area contributed by atoms with Gasteiger partial charge in [-0.05, 0) is 86.8 Å². The van der Waals surface area contributed by atoms with Crippen molar-refractivity contribution in [1.82, 2.24) is 0 Å². The zero-order valence-corrected chi connectivity index (χ0v) is 17.3. The second kappa shape index (κ2) is 6.74. The first-order valence-corrected chi connectivity index (χ1v) is 11.2. The second-order valence-electron chi connectivity index (χ2n) is 10.00. The summed E-state index contributed by atoms with van der Waals surface area (Å²) in [4.78, 5) is 11.9. The first-order valence-electron chi connectivity index (χ1n) is 11.2. The molecule has 29 heavy (non-hydrogen) atoms. The van der Waals surface area contributed by atoms with Gasteiger partial charge in [0, 0.05) is 23.1 Å². The zero-order valence-electron chi connectivity index (χ0n) is 17.3. The molecule has 1 aromatic carbocycles. The summed E-state index contributed by atoms with van der Waals surface area (Å²) < 4.78 is 0. The topological polar surface area (TPSA) is 63.3 Å². The summed E-state index contributed by atoms with van der Waals surface area (Å²) in [5.41, 5.74) is 7.86. The van der Waals surface area contributed by atoms with Gasteiger partial charge in [-0.15, -0.1) is 0 Å². The molecule has 3 nitrogen and oxygen atoms in total. The number of ketones is 1. The van der Waals surface area contributed by atoms with Crippen LogP contribution in [0.2, 0.25) is 0 Å². The molecule has 3 fully saturated rings. The number of rotatable bonds is 0. The van der Waals surface area contributed by atoms with Gasteiger partial charge in [0.2, 0.25) is 0 Å². The summed E-state index contributed by atoms with van der Waals surface area (Å²) in [5.74, 6) is 9.26. The molecule has 152 valence electrons. The largest absolute Gasteiger partial charge is 0.398 e. The summed E-state index contributed by atoms with van der Waals surface area (Å²) in [6.07, 6.45) is 9.90. The quantitative estimate of drug-likeness (QED) is 0.507. The van der Waals surface area contributed by atoms with Crippen LogP contribution in [0.5, 0.6) is 0 Å². The van der Waals surface area contributed by atoms with E-state index in [0.717, 1.165) is 50.5 Å². The average molecular weight is 390 g/mol. The highest BCUT2D eigenvalue weighted by atomic mass is 16.3. The summed E-state index contributed by atoms with van der Waals surface area (Å²) in [6.45, 7) is 2.28. The highest BCUT2D eigenvalue weighted by Crippen LogP contribution is 2.64. The van der Waals surface area contributed by atoms with Crippen molar-refractivity contribution in [2.75, 3.05) is 5.73 Å². The Bertz CT molecular complexity index is 938. The number of anilines is 1. The first-order chi connectivity index (χ1) is 13.9. The van der Waals surface area contributed by atoms with Gasteiger partial charge >= 0.3 is 0 Å². The van der Waals surface area contributed by atoms with Crippen LogP contribution in [-0.4, -0.2) is 16.5 Å². The van der Waals surface area contributed by atoms with E-state index < -0.39 is 5.60 Å². The van der Waals surface area contributed by atoms with E-state index in [1.807, 2.05) is 30.3 Å². The van der Waals surface area contributed by atoms with E-state index in [4.69, 9.17) is 5.73 Å². The molecule has 3 saturated carbocycles. The minimum absolute atomic E-state index is 0.156. The van der Waals surface area contributed by atoms with E-state index >= 15 is 0 Å². The van der Waals surface area contributed by atoms with Crippen LogP contribution in [0.3, 0.4) is 0 Å². The van der Waals surface area contributed by atoms with Gasteiger partial charge in [-0.1, -0.05) is 36.5 Å². The molecule has 0 radical (unpaired) electrons. The molecule has 0 saturated heterocycles. The molecule has 6 atom stereocenters. The van der Waals surface area contributed by atoms with Crippen LogP contribution < -0.4 is 5.73 Å². The molecule has 3 heteroatoms. The highest BCUT2D eigenvalue weighted by Gasteiger charge is 2.62. The van der Waals surface area contributed by atoms with E-state index in [1.54, 1.807) is 0 Å². The van der Waals surface area contributed by atoms with Gasteiger partial charge in [0.25, 0.3) is 0 Å². The van der Waals surface area contributed by atoms with Crippen LogP contribution in [0.25, 0.3) is 0 Å². The van der Waals surface area contributed by atoms with Crippen LogP contribution in [-0.2, 0) is 4.79 Å². The number of allylic oxidation sites excluding steroid dienone is 1. The third kappa shape index (κ3) is 2.88. The normalized spacial score (nSPS) is 40.8. The minimum atomic E-state index is -0.941. The van der Waals surface area contributed by atoms with E-state index in [1.165, 1.54) is 5.57 Å². The molecule has 4 aliphatic carbocycles. The zero-order chi connectivity index (χ0) is 20.2. The van der Waals surface area contributed by atoms with Crippen LogP contribution in [0.1, 0.15) is 63.9 Å². The molecule has 0 spiro atoms. The maximum atomic E-state index is 11.9. The van der Waals surface area contributed by atoms with Crippen molar-refractivity contribution in [3.05, 3.63) is 41.5 Å². The Hall–Kier alpha value is -2.05. The number of aliphatic hydroxyl groups is 1. The molecule has 1 aromatic rings. The number of fused-ring (bicyclic) bond motifs is 5. The monoisotopic (exact) mass is 389 g/mol. The maximum Gasteiger partial charge on any atom is 0.155 e. The standard InChI is InChI=1S/C26H31NO2/c1-25-13-11-21-20-9-7-19(28)16-18(20)6-8-22(21)23(25)12-15-26(25,29)14-10-17-4-2-3-5-24(17)27/h2-5,16,20-23,29H,6-9,11-13,15,27H2,1H3/t20-,21-,22+,23+,25-,26+/m0/s1. The van der Waals surface area contributed by atoms with Crippen LogP contribution in [0.4, 0.5) is 5.69 Å². The lowest BCUT2D eigenvalue weighted by molar-refractivity contribution is -0.116. The first kappa shape index (κ1) is 18.9. The smallest absolute Gasteiger partial charge is 0.155 e. The number of para-hydroxylation sites is 1. The van der Waals surface area contributed by atoms with E-state index in [-0.39, 0.29) is 5.41 Å². The molecular weight excluding hydrogens is 358 g/mol. The van der Waals surface area contributed by atoms with Crippen molar-refractivity contribution < 1.29 is 9.90 Å². The molecule has 0 unspecified atom stereocenters. The number of carbonyl (C=O) groups is 1. The molecular formula is C26H31NO2. The van der Waals surface area contributed by atoms with E-state index in [9.17, 15) is 9.90 Å². The number of benzene rings is 1. The van der Waals surface area contributed by atoms with Gasteiger partial charge in [0.1, 0.15) is 5.60 Å². The van der Waals surface area contributed by atoms with Gasteiger partial charge in [-0.2, -0.15) is 0 Å². The van der Waals surface area contributed by atoms with Crippen molar-refractivity contribution in [3.63, 3.8) is 0 Å². The van der Waals surface area contributed by atoms with Gasteiger partial charge in [0.05, 0.1) is 0 Å². The van der Waals surface area contributed by atoms with E-state index in [2.05, 4.69) is 18.8 Å². The number of hydrogen-bond acceptors (Lipinski definition) is 3. The Balaban J connectivity index is 1.43. The predicted molar refractivity (Wildman–Crippen MR) is 115 cm³/mol. The predicted octanol–water partition coefficient (Wildman–Crippen LogP) is 4.49. The summed E-state index contributed by atoms with van der Waals surface area (Å²) in [7, 11) is 0. The Morgan fingerprint density at radius 3 is 2.72 bits per heavy atom. The summed E-state index contributed by atoms with van der Waals surface area (Å²) in [6, 6.07) is 7.64. The lowest BCUT2D eigenvalue weighted by Crippen LogP contribution is -2.52. The molecule has 0 bridgehead atoms. The lowest BCUT2D eigenvalue weighted by atomic mass is 9.50. The van der Waals surface area contributed by atoms with Gasteiger partial charge in [-0.3, -0.25) is 4.79 Å². The van der Waals surface area contributed by atoms with Crippen molar-refractivity contribution >= 4 is 11.5 Å². The van der Waals surface area contributed by atoms with Gasteiger partial charge in [0.15, 0.2) is 5.78 Å². The number of carbonyl (C=O) groups excluding carboxylic acids is 1. The van der Waals surface area contributed by atoms with Crippen LogP contribution in [0.15, 0.2) is 35.9 Å². The van der Waals surface area contributed by atoms with Crippen LogP contribution in [0, 0.1) is 40.9 Å².